The summed E-state index contributed by atoms with van der Waals surface area (Å²) >= 11 is 0. The number of carboxylic acids is 2. The number of carbonyl (C=O) groups is 3. The number of hydroxylamine groups is 2. The third kappa shape index (κ3) is 11.1. The maximum Gasteiger partial charge on any atom is 0.490 e. The van der Waals surface area contributed by atoms with E-state index in [4.69, 9.17) is 34.1 Å². The van der Waals surface area contributed by atoms with Crippen LogP contribution in [0.15, 0.2) is 30.3 Å². The summed E-state index contributed by atoms with van der Waals surface area (Å²) < 4.78 is 75.4. The number of nitrogens with zero attached hydrogens (tertiary/aromatic N) is 3. The third-order valence-corrected chi connectivity index (χ3v) is 6.07. The normalized spacial score (nSPS) is 20.8. The first-order valence-corrected chi connectivity index (χ1v) is 12.3. The van der Waals surface area contributed by atoms with Gasteiger partial charge >= 0.3 is 24.3 Å². The molecule has 0 radical (unpaired) electrons. The van der Waals surface area contributed by atoms with Gasteiger partial charge in [-0.2, -0.15) is 26.3 Å². The van der Waals surface area contributed by atoms with E-state index in [1.54, 1.807) is 0 Å². The second-order valence-electron chi connectivity index (χ2n) is 9.41. The Balaban J connectivity index is 0.000000349. The maximum atomic E-state index is 12.5. The molecule has 1 aromatic carbocycles. The SMILES string of the molecule is CN1CC2(CN(CCOCc3ccccc3)C2)OCC1C(=O)N1CCCO1.O=C(O)C(F)(F)F.O=C(O)C(F)(F)F. The van der Waals surface area contributed by atoms with Crippen molar-refractivity contribution >= 4 is 17.8 Å². The Hall–Kier alpha value is -2.99. The van der Waals surface area contributed by atoms with Crippen LogP contribution >= 0.6 is 0 Å². The molecule has 0 aromatic heterocycles. The van der Waals surface area contributed by atoms with E-state index in [1.165, 1.54) is 10.6 Å². The second-order valence-corrected chi connectivity index (χ2v) is 9.41. The topological polar surface area (TPSA) is 129 Å². The van der Waals surface area contributed by atoms with Gasteiger partial charge in [-0.25, -0.2) is 14.7 Å². The standard InChI is InChI=1S/C20H29N3O4.2C2HF3O2/c1-21-14-20(26-13-18(21)19(24)23-8-5-10-27-23)15-22(16-20)9-11-25-12-17-6-3-2-4-7-17;2*3-2(4,5)1(6)7/h2-4,6-7,18H,5,8-16H2,1H3;2*(H,6,7). The Morgan fingerprint density at radius 2 is 1.56 bits per heavy atom. The molecule has 11 nitrogen and oxygen atoms in total. The van der Waals surface area contributed by atoms with Crippen LogP contribution in [0.2, 0.25) is 0 Å². The lowest BCUT2D eigenvalue weighted by Gasteiger charge is -2.55. The van der Waals surface area contributed by atoms with E-state index < -0.39 is 24.3 Å². The zero-order valence-corrected chi connectivity index (χ0v) is 22.0. The van der Waals surface area contributed by atoms with Crippen LogP contribution in [-0.4, -0.2) is 127 Å². The van der Waals surface area contributed by atoms with Crippen molar-refractivity contribution in [1.29, 1.82) is 0 Å². The Morgan fingerprint density at radius 3 is 2.02 bits per heavy atom. The number of ether oxygens (including phenoxy) is 2. The number of benzene rings is 1. The third-order valence-electron chi connectivity index (χ3n) is 6.07. The number of amides is 1. The predicted octanol–water partition coefficient (Wildman–Crippen LogP) is 2.02. The van der Waals surface area contributed by atoms with Crippen molar-refractivity contribution in [2.24, 2.45) is 0 Å². The van der Waals surface area contributed by atoms with Crippen LogP contribution in [0.5, 0.6) is 0 Å². The number of likely N-dealkylation sites (tertiary alicyclic amines) is 1. The van der Waals surface area contributed by atoms with Crippen molar-refractivity contribution in [3.8, 4) is 0 Å². The maximum absolute atomic E-state index is 12.5. The summed E-state index contributed by atoms with van der Waals surface area (Å²) in [6.45, 7) is 6.60. The number of rotatable bonds is 6. The van der Waals surface area contributed by atoms with E-state index in [0.29, 0.717) is 33.0 Å². The molecule has 41 heavy (non-hydrogen) atoms. The van der Waals surface area contributed by atoms with Crippen LogP contribution < -0.4 is 0 Å². The van der Waals surface area contributed by atoms with Gasteiger partial charge in [-0.15, -0.1) is 0 Å². The molecule has 4 rings (SSSR count). The number of halogens is 6. The average Bonchev–Trinajstić information content (AvgIpc) is 3.41. The molecule has 3 saturated heterocycles. The number of aliphatic carboxylic acids is 2. The number of likely N-dealkylation sites (N-methyl/N-ethyl adjacent to an activating group) is 1. The summed E-state index contributed by atoms with van der Waals surface area (Å²) in [4.78, 5) is 40.2. The first-order valence-electron chi connectivity index (χ1n) is 12.3. The zero-order valence-electron chi connectivity index (χ0n) is 22.0. The molecule has 232 valence electrons. The first-order chi connectivity index (χ1) is 19.0. The molecule has 3 heterocycles. The smallest absolute Gasteiger partial charge is 0.475 e. The first kappa shape index (κ1) is 34.2. The molecule has 1 unspecified atom stereocenters. The van der Waals surface area contributed by atoms with E-state index in [0.717, 1.165) is 32.6 Å². The van der Waals surface area contributed by atoms with Crippen molar-refractivity contribution in [2.75, 3.05) is 59.6 Å². The van der Waals surface area contributed by atoms with E-state index in [2.05, 4.69) is 21.9 Å². The molecule has 1 aromatic rings. The second kappa shape index (κ2) is 14.8. The molecule has 0 bridgehead atoms. The van der Waals surface area contributed by atoms with Gasteiger partial charge in [0.2, 0.25) is 0 Å². The van der Waals surface area contributed by atoms with Crippen molar-refractivity contribution in [2.45, 2.75) is 37.0 Å². The lowest BCUT2D eigenvalue weighted by molar-refractivity contribution is -0.212. The molecule has 17 heteroatoms. The van der Waals surface area contributed by atoms with Crippen LogP contribution in [0.25, 0.3) is 0 Å². The zero-order chi connectivity index (χ0) is 30.8. The Morgan fingerprint density at radius 1 is 1.00 bits per heavy atom. The Kier molecular flexibility index (Phi) is 12.3. The molecular weight excluding hydrogens is 572 g/mol. The molecular formula is C24H31F6N3O8. The molecule has 1 amide bonds. The van der Waals surface area contributed by atoms with Gasteiger partial charge in [0.15, 0.2) is 0 Å². The lowest BCUT2D eigenvalue weighted by Crippen LogP contribution is -2.72. The van der Waals surface area contributed by atoms with Gasteiger partial charge < -0.3 is 19.7 Å². The molecule has 1 spiro atoms. The van der Waals surface area contributed by atoms with E-state index in [9.17, 15) is 31.1 Å². The molecule has 0 saturated carbocycles. The van der Waals surface area contributed by atoms with Crippen molar-refractivity contribution in [3.63, 3.8) is 0 Å². The van der Waals surface area contributed by atoms with Crippen LogP contribution in [-0.2, 0) is 35.3 Å². The highest BCUT2D eigenvalue weighted by Crippen LogP contribution is 2.31. The molecule has 3 aliphatic heterocycles. The summed E-state index contributed by atoms with van der Waals surface area (Å²) in [6, 6.07) is 9.99. The number of morpholine rings is 1. The molecule has 1 atom stereocenters. The van der Waals surface area contributed by atoms with Crippen LogP contribution in [0.1, 0.15) is 12.0 Å². The molecule has 3 aliphatic rings. The molecule has 0 aliphatic carbocycles. The summed E-state index contributed by atoms with van der Waals surface area (Å²) in [7, 11) is 2.01. The molecule has 2 N–H and O–H groups in total. The Bertz CT molecular complexity index is 975. The van der Waals surface area contributed by atoms with E-state index in [-0.39, 0.29) is 17.6 Å². The van der Waals surface area contributed by atoms with Crippen molar-refractivity contribution < 1.29 is 65.3 Å². The fourth-order valence-corrected chi connectivity index (χ4v) is 4.12. The van der Waals surface area contributed by atoms with Crippen LogP contribution in [0.4, 0.5) is 26.3 Å². The van der Waals surface area contributed by atoms with Crippen LogP contribution in [0.3, 0.4) is 0 Å². The average molecular weight is 604 g/mol. The summed E-state index contributed by atoms with van der Waals surface area (Å²) in [6.07, 6.45) is -9.26. The fraction of sp³-hybridized carbons (Fsp3) is 0.625. The van der Waals surface area contributed by atoms with Gasteiger partial charge in [0.25, 0.3) is 5.91 Å². The summed E-state index contributed by atoms with van der Waals surface area (Å²) in [5.41, 5.74) is 1.06. The number of hydrogen-bond donors (Lipinski definition) is 2. The van der Waals surface area contributed by atoms with Gasteiger partial charge in [-0.3, -0.25) is 19.4 Å². The number of alkyl halides is 6. The Labute approximate surface area is 231 Å². The minimum Gasteiger partial charge on any atom is -0.475 e. The largest absolute Gasteiger partial charge is 0.490 e. The minimum atomic E-state index is -5.08. The minimum absolute atomic E-state index is 0.0235. The van der Waals surface area contributed by atoms with Crippen molar-refractivity contribution in [1.82, 2.24) is 14.9 Å². The monoisotopic (exact) mass is 603 g/mol. The van der Waals surface area contributed by atoms with E-state index in [1.807, 2.05) is 25.2 Å². The van der Waals surface area contributed by atoms with Gasteiger partial charge in [-0.1, -0.05) is 30.3 Å². The fourth-order valence-electron chi connectivity index (χ4n) is 4.12. The highest BCUT2D eigenvalue weighted by Gasteiger charge is 2.50. The lowest BCUT2D eigenvalue weighted by atomic mass is 9.90. The summed E-state index contributed by atoms with van der Waals surface area (Å²) in [5.74, 6) is -5.49. The van der Waals surface area contributed by atoms with Gasteiger partial charge in [0, 0.05) is 26.2 Å². The quantitative estimate of drug-likeness (QED) is 0.368. The van der Waals surface area contributed by atoms with Gasteiger partial charge in [0.05, 0.1) is 33.0 Å². The number of hydrogen-bond acceptors (Lipinski definition) is 8. The predicted molar refractivity (Wildman–Crippen MR) is 127 cm³/mol. The van der Waals surface area contributed by atoms with E-state index >= 15 is 0 Å². The van der Waals surface area contributed by atoms with Crippen molar-refractivity contribution in [3.05, 3.63) is 35.9 Å². The van der Waals surface area contributed by atoms with Gasteiger partial charge in [0.1, 0.15) is 11.6 Å². The number of carbonyl (C=O) groups excluding carboxylic acids is 1. The number of carboxylic acid groups (broad SMARTS) is 2. The highest BCUT2D eigenvalue weighted by molar-refractivity contribution is 5.81. The molecule has 3 fully saturated rings. The summed E-state index contributed by atoms with van der Waals surface area (Å²) in [5, 5.41) is 15.7. The van der Waals surface area contributed by atoms with Gasteiger partial charge in [-0.05, 0) is 19.0 Å². The van der Waals surface area contributed by atoms with Crippen LogP contribution in [0, 0.1) is 0 Å². The highest BCUT2D eigenvalue weighted by atomic mass is 19.4.